The van der Waals surface area contributed by atoms with Crippen LogP contribution >= 0.6 is 11.3 Å². The fourth-order valence-electron chi connectivity index (χ4n) is 3.35. The Morgan fingerprint density at radius 1 is 1.14 bits per heavy atom. The number of carbonyl (C=O) groups is 3. The largest absolute Gasteiger partial charge is 0.356 e. The first-order chi connectivity index (χ1) is 13.4. The number of aryl methyl sites for hydroxylation is 2. The number of benzene rings is 1. The van der Waals surface area contributed by atoms with E-state index in [-0.39, 0.29) is 24.3 Å². The van der Waals surface area contributed by atoms with Gasteiger partial charge in [0.1, 0.15) is 6.04 Å². The second kappa shape index (κ2) is 8.56. The van der Waals surface area contributed by atoms with Crippen molar-refractivity contribution in [3.8, 4) is 0 Å². The van der Waals surface area contributed by atoms with E-state index >= 15 is 0 Å². The predicted octanol–water partition coefficient (Wildman–Crippen LogP) is 3.27. The van der Waals surface area contributed by atoms with Crippen molar-refractivity contribution in [3.05, 3.63) is 51.7 Å². The molecule has 1 fully saturated rings. The van der Waals surface area contributed by atoms with E-state index in [0.29, 0.717) is 25.2 Å². The predicted molar refractivity (Wildman–Crippen MR) is 111 cm³/mol. The van der Waals surface area contributed by atoms with Crippen molar-refractivity contribution in [1.29, 1.82) is 0 Å². The maximum Gasteiger partial charge on any atom is 0.332 e. The Hall–Kier alpha value is -2.67. The van der Waals surface area contributed by atoms with Crippen LogP contribution in [0.5, 0.6) is 0 Å². The molecule has 0 saturated carbocycles. The van der Waals surface area contributed by atoms with Crippen molar-refractivity contribution in [1.82, 2.24) is 10.2 Å². The number of amides is 4. The zero-order valence-electron chi connectivity index (χ0n) is 16.4. The van der Waals surface area contributed by atoms with Crippen LogP contribution in [0.15, 0.2) is 35.7 Å². The van der Waals surface area contributed by atoms with Gasteiger partial charge in [0.2, 0.25) is 5.91 Å². The second-order valence-corrected chi connectivity index (χ2v) is 7.94. The van der Waals surface area contributed by atoms with Gasteiger partial charge in [0, 0.05) is 18.0 Å². The summed E-state index contributed by atoms with van der Waals surface area (Å²) in [6, 6.07) is 8.17. The molecular formula is C21H25N3O3S. The summed E-state index contributed by atoms with van der Waals surface area (Å²) in [6.07, 6.45) is 0.639. The molecule has 7 heteroatoms. The summed E-state index contributed by atoms with van der Waals surface area (Å²) in [6.45, 7) is 6.70. The highest BCUT2D eigenvalue weighted by Crippen LogP contribution is 2.28. The van der Waals surface area contributed by atoms with Crippen LogP contribution in [0.2, 0.25) is 0 Å². The minimum Gasteiger partial charge on any atom is -0.356 e. The van der Waals surface area contributed by atoms with E-state index in [0.717, 1.165) is 5.56 Å². The number of imide groups is 1. The van der Waals surface area contributed by atoms with Crippen molar-refractivity contribution in [3.63, 3.8) is 0 Å². The molecule has 2 aromatic rings. The Bertz CT molecular complexity index is 875. The van der Waals surface area contributed by atoms with Gasteiger partial charge >= 0.3 is 6.03 Å². The third kappa shape index (κ3) is 4.09. The molecule has 1 aromatic heterocycles. The second-order valence-electron chi connectivity index (χ2n) is 6.94. The van der Waals surface area contributed by atoms with E-state index in [1.54, 1.807) is 23.5 Å². The topological polar surface area (TPSA) is 69.7 Å². The molecule has 0 unspecified atom stereocenters. The van der Waals surface area contributed by atoms with Gasteiger partial charge in [-0.2, -0.15) is 0 Å². The van der Waals surface area contributed by atoms with Gasteiger partial charge in [0.05, 0.1) is 12.1 Å². The molecule has 1 aliphatic rings. The molecule has 1 aromatic carbocycles. The highest BCUT2D eigenvalue weighted by molar-refractivity contribution is 7.10. The average Bonchev–Trinajstić information content (AvgIpc) is 3.16. The molecule has 0 spiro atoms. The quantitative estimate of drug-likeness (QED) is 0.727. The Morgan fingerprint density at radius 3 is 2.46 bits per heavy atom. The lowest BCUT2D eigenvalue weighted by molar-refractivity contribution is -0.127. The number of urea groups is 1. The average molecular weight is 400 g/mol. The molecule has 6 nitrogen and oxygen atoms in total. The van der Waals surface area contributed by atoms with Gasteiger partial charge in [0.25, 0.3) is 5.91 Å². The van der Waals surface area contributed by atoms with E-state index in [9.17, 15) is 14.4 Å². The first-order valence-corrected chi connectivity index (χ1v) is 10.3. The molecule has 1 N–H and O–H groups in total. The smallest absolute Gasteiger partial charge is 0.332 e. The van der Waals surface area contributed by atoms with Crippen molar-refractivity contribution < 1.29 is 14.4 Å². The number of nitrogens with one attached hydrogen (secondary N) is 1. The highest BCUT2D eigenvalue weighted by Gasteiger charge is 2.46. The third-order valence-corrected chi connectivity index (χ3v) is 5.99. The first-order valence-electron chi connectivity index (χ1n) is 9.43. The highest BCUT2D eigenvalue weighted by atomic mass is 32.1. The number of rotatable bonds is 7. The first kappa shape index (κ1) is 20.1. The number of nitrogens with zero attached hydrogens (tertiary/aromatic N) is 2. The molecule has 1 saturated heterocycles. The summed E-state index contributed by atoms with van der Waals surface area (Å²) < 4.78 is 0. The van der Waals surface area contributed by atoms with Gasteiger partial charge in [-0.15, -0.1) is 11.3 Å². The normalized spacial score (nSPS) is 16.8. The maximum absolute atomic E-state index is 13.1. The van der Waals surface area contributed by atoms with Crippen LogP contribution in [0.3, 0.4) is 0 Å². The fourth-order valence-corrected chi connectivity index (χ4v) is 4.25. The number of anilines is 1. The third-order valence-electron chi connectivity index (χ3n) is 4.91. The number of hydrogen-bond acceptors (Lipinski definition) is 4. The van der Waals surface area contributed by atoms with E-state index in [1.807, 2.05) is 44.4 Å². The lowest BCUT2D eigenvalue weighted by atomic mass is 10.1. The van der Waals surface area contributed by atoms with E-state index in [2.05, 4.69) is 5.32 Å². The Morgan fingerprint density at radius 2 is 1.86 bits per heavy atom. The van der Waals surface area contributed by atoms with Gasteiger partial charge in [-0.3, -0.25) is 9.59 Å². The van der Waals surface area contributed by atoms with Crippen LogP contribution in [-0.2, 0) is 16.0 Å². The van der Waals surface area contributed by atoms with Crippen molar-refractivity contribution >= 4 is 34.9 Å². The van der Waals surface area contributed by atoms with E-state index in [4.69, 9.17) is 0 Å². The lowest BCUT2D eigenvalue weighted by Gasteiger charge is -2.21. The van der Waals surface area contributed by atoms with Crippen LogP contribution in [0.25, 0.3) is 0 Å². The van der Waals surface area contributed by atoms with Crippen LogP contribution in [0.1, 0.15) is 29.3 Å². The number of thiophene rings is 1. The summed E-state index contributed by atoms with van der Waals surface area (Å²) >= 11 is 1.64. The minimum absolute atomic E-state index is 0.0236. The van der Waals surface area contributed by atoms with Crippen LogP contribution in [0, 0.1) is 13.8 Å². The maximum atomic E-state index is 13.1. The molecule has 0 bridgehead atoms. The molecule has 2 heterocycles. The molecule has 4 amide bonds. The van der Waals surface area contributed by atoms with Crippen molar-refractivity contribution in [2.24, 2.45) is 0 Å². The zero-order chi connectivity index (χ0) is 20.3. The van der Waals surface area contributed by atoms with E-state index in [1.165, 1.54) is 20.2 Å². The summed E-state index contributed by atoms with van der Waals surface area (Å²) in [5.74, 6) is -0.570. The van der Waals surface area contributed by atoms with Gasteiger partial charge in [0.15, 0.2) is 0 Å². The summed E-state index contributed by atoms with van der Waals surface area (Å²) in [5.41, 5.74) is 2.77. The lowest BCUT2D eigenvalue weighted by Crippen LogP contribution is -2.40. The van der Waals surface area contributed by atoms with Crippen molar-refractivity contribution in [2.75, 3.05) is 18.0 Å². The monoisotopic (exact) mass is 399 g/mol. The fraction of sp³-hybridized carbons (Fsp3) is 0.381. The molecule has 148 valence electrons. The standard InChI is InChI=1S/C21H25N3O3S/c1-4-22-19(25)13-17-20(26)24(16-7-5-14(2)6-8-16)21(27)23(17)11-9-18-15(3)10-12-28-18/h5-8,10,12,17H,4,9,11,13H2,1-3H3,(H,22,25)/t17-/m1/s1. The SMILES string of the molecule is CCNC(=O)C[C@@H]1C(=O)N(c2ccc(C)cc2)C(=O)N1CCc1sccc1C. The van der Waals surface area contributed by atoms with Crippen LogP contribution in [-0.4, -0.2) is 41.9 Å². The van der Waals surface area contributed by atoms with Gasteiger partial charge in [-0.05, 0) is 56.3 Å². The van der Waals surface area contributed by atoms with Crippen LogP contribution < -0.4 is 10.2 Å². The molecule has 0 radical (unpaired) electrons. The zero-order valence-corrected chi connectivity index (χ0v) is 17.2. The molecule has 28 heavy (non-hydrogen) atoms. The summed E-state index contributed by atoms with van der Waals surface area (Å²) in [7, 11) is 0. The molecule has 0 aliphatic carbocycles. The summed E-state index contributed by atoms with van der Waals surface area (Å²) in [4.78, 5) is 42.2. The summed E-state index contributed by atoms with van der Waals surface area (Å²) in [5, 5.41) is 4.74. The number of hydrogen-bond donors (Lipinski definition) is 1. The molecule has 1 atom stereocenters. The van der Waals surface area contributed by atoms with Crippen LogP contribution in [0.4, 0.5) is 10.5 Å². The Labute approximate surface area is 169 Å². The van der Waals surface area contributed by atoms with E-state index < -0.39 is 6.04 Å². The molecule has 3 rings (SSSR count). The Balaban J connectivity index is 1.85. The Kier molecular flexibility index (Phi) is 6.14. The molecule has 1 aliphatic heterocycles. The van der Waals surface area contributed by atoms with Gasteiger partial charge in [-0.1, -0.05) is 17.7 Å². The molecular weight excluding hydrogens is 374 g/mol. The van der Waals surface area contributed by atoms with Crippen molar-refractivity contribution in [2.45, 2.75) is 39.7 Å². The van der Waals surface area contributed by atoms with Gasteiger partial charge < -0.3 is 10.2 Å². The number of carbonyl (C=O) groups excluding carboxylic acids is 3. The minimum atomic E-state index is -0.777. The van der Waals surface area contributed by atoms with Gasteiger partial charge in [-0.25, -0.2) is 9.69 Å².